The van der Waals surface area contributed by atoms with Gasteiger partial charge in [0, 0.05) is 0 Å². The second kappa shape index (κ2) is 9.29. The van der Waals surface area contributed by atoms with E-state index in [2.05, 4.69) is 10.5 Å². The third-order valence-electron chi connectivity index (χ3n) is 3.02. The van der Waals surface area contributed by atoms with Crippen molar-refractivity contribution in [2.75, 3.05) is 19.8 Å². The molecule has 2 aromatic rings. The van der Waals surface area contributed by atoms with Gasteiger partial charge in [0.2, 0.25) is 0 Å². The van der Waals surface area contributed by atoms with Crippen LogP contribution in [0, 0.1) is 12.7 Å². The average Bonchev–Trinajstić information content (AvgIpc) is 2.57. The highest BCUT2D eigenvalue weighted by atomic mass is 19.1. The second-order valence-electron chi connectivity index (χ2n) is 5.07. The number of rotatable bonds is 8. The SMILES string of the molecule is Cc1cccc(OCCNC(=O)CO/N=C/c2ccc(F)cc2)c1. The van der Waals surface area contributed by atoms with E-state index in [-0.39, 0.29) is 18.3 Å². The Balaban J connectivity index is 1.59. The Kier molecular flexibility index (Phi) is 6.76. The Morgan fingerprint density at radius 3 is 2.79 bits per heavy atom. The molecule has 0 aliphatic rings. The molecule has 0 saturated carbocycles. The molecule has 0 bridgehead atoms. The van der Waals surface area contributed by atoms with Crippen LogP contribution in [0.2, 0.25) is 0 Å². The van der Waals surface area contributed by atoms with Crippen molar-refractivity contribution >= 4 is 12.1 Å². The van der Waals surface area contributed by atoms with Gasteiger partial charge in [-0.05, 0) is 42.3 Å². The third-order valence-corrected chi connectivity index (χ3v) is 3.02. The molecule has 0 aliphatic carbocycles. The first-order valence-electron chi connectivity index (χ1n) is 7.50. The molecule has 5 nitrogen and oxygen atoms in total. The van der Waals surface area contributed by atoms with Crippen molar-refractivity contribution in [3.05, 3.63) is 65.5 Å². The van der Waals surface area contributed by atoms with E-state index in [1.54, 1.807) is 12.1 Å². The van der Waals surface area contributed by atoms with E-state index in [9.17, 15) is 9.18 Å². The molecule has 0 atom stereocenters. The zero-order valence-electron chi connectivity index (χ0n) is 13.4. The third kappa shape index (κ3) is 6.48. The fraction of sp³-hybridized carbons (Fsp3) is 0.222. The number of benzene rings is 2. The van der Waals surface area contributed by atoms with Crippen molar-refractivity contribution in [1.29, 1.82) is 0 Å². The predicted molar refractivity (Wildman–Crippen MR) is 89.6 cm³/mol. The molecule has 6 heteroatoms. The minimum atomic E-state index is -0.319. The Labute approximate surface area is 140 Å². The van der Waals surface area contributed by atoms with Crippen LogP contribution in [0.4, 0.5) is 4.39 Å². The number of aryl methyl sites for hydroxylation is 1. The van der Waals surface area contributed by atoms with Crippen LogP contribution in [0.1, 0.15) is 11.1 Å². The lowest BCUT2D eigenvalue weighted by molar-refractivity contribution is -0.125. The fourth-order valence-electron chi connectivity index (χ4n) is 1.86. The predicted octanol–water partition coefficient (Wildman–Crippen LogP) is 2.68. The van der Waals surface area contributed by atoms with Crippen LogP contribution in [0.25, 0.3) is 0 Å². The van der Waals surface area contributed by atoms with Crippen LogP contribution < -0.4 is 10.1 Å². The lowest BCUT2D eigenvalue weighted by atomic mass is 10.2. The van der Waals surface area contributed by atoms with Gasteiger partial charge < -0.3 is 14.9 Å². The summed E-state index contributed by atoms with van der Waals surface area (Å²) in [6.45, 7) is 2.53. The van der Waals surface area contributed by atoms with Crippen LogP contribution in [0.3, 0.4) is 0 Å². The molecule has 126 valence electrons. The summed E-state index contributed by atoms with van der Waals surface area (Å²) in [5.41, 5.74) is 1.80. The van der Waals surface area contributed by atoms with Gasteiger partial charge in [0.1, 0.15) is 18.2 Å². The van der Waals surface area contributed by atoms with E-state index < -0.39 is 0 Å². The van der Waals surface area contributed by atoms with E-state index in [0.717, 1.165) is 11.3 Å². The van der Waals surface area contributed by atoms with Gasteiger partial charge in [0.25, 0.3) is 5.91 Å². The summed E-state index contributed by atoms with van der Waals surface area (Å²) in [5, 5.41) is 6.32. The van der Waals surface area contributed by atoms with Gasteiger partial charge >= 0.3 is 0 Å². The van der Waals surface area contributed by atoms with Crippen LogP contribution in [-0.4, -0.2) is 31.9 Å². The van der Waals surface area contributed by atoms with Gasteiger partial charge in [-0.15, -0.1) is 0 Å². The molecule has 1 N–H and O–H groups in total. The molecule has 24 heavy (non-hydrogen) atoms. The van der Waals surface area contributed by atoms with Crippen LogP contribution >= 0.6 is 0 Å². The normalized spacial score (nSPS) is 10.6. The van der Waals surface area contributed by atoms with Crippen molar-refractivity contribution < 1.29 is 18.8 Å². The molecule has 0 spiro atoms. The summed E-state index contributed by atoms with van der Waals surface area (Å²) in [4.78, 5) is 16.4. The van der Waals surface area contributed by atoms with Gasteiger partial charge in [0.15, 0.2) is 6.61 Å². The smallest absolute Gasteiger partial charge is 0.260 e. The average molecular weight is 330 g/mol. The maximum atomic E-state index is 12.7. The molecule has 0 aliphatic heterocycles. The molecule has 0 radical (unpaired) electrons. The molecule has 1 amide bonds. The summed E-state index contributed by atoms with van der Waals surface area (Å²) in [6, 6.07) is 13.5. The fourth-order valence-corrected chi connectivity index (χ4v) is 1.86. The van der Waals surface area contributed by atoms with Gasteiger partial charge in [0.05, 0.1) is 12.8 Å². The van der Waals surface area contributed by atoms with Crippen LogP contribution in [0.15, 0.2) is 53.7 Å². The Morgan fingerprint density at radius 1 is 1.25 bits per heavy atom. The number of hydrogen-bond acceptors (Lipinski definition) is 4. The monoisotopic (exact) mass is 330 g/mol. The van der Waals surface area contributed by atoms with Crippen molar-refractivity contribution in [3.63, 3.8) is 0 Å². The number of carbonyl (C=O) groups is 1. The zero-order chi connectivity index (χ0) is 17.2. The minimum absolute atomic E-state index is 0.192. The number of ether oxygens (including phenoxy) is 1. The van der Waals surface area contributed by atoms with E-state index in [0.29, 0.717) is 18.7 Å². The topological polar surface area (TPSA) is 59.9 Å². The maximum absolute atomic E-state index is 12.7. The maximum Gasteiger partial charge on any atom is 0.260 e. The van der Waals surface area contributed by atoms with Gasteiger partial charge in [-0.3, -0.25) is 4.79 Å². The van der Waals surface area contributed by atoms with E-state index in [4.69, 9.17) is 9.57 Å². The number of amides is 1. The zero-order valence-corrected chi connectivity index (χ0v) is 13.4. The molecule has 0 saturated heterocycles. The van der Waals surface area contributed by atoms with Gasteiger partial charge in [-0.1, -0.05) is 29.4 Å². The molecule has 0 unspecified atom stereocenters. The van der Waals surface area contributed by atoms with Crippen molar-refractivity contribution in [1.82, 2.24) is 5.32 Å². The standard InChI is InChI=1S/C18H19FN2O3/c1-14-3-2-4-17(11-14)23-10-9-20-18(22)13-24-21-12-15-5-7-16(19)8-6-15/h2-8,11-12H,9-10,13H2,1H3,(H,20,22)/b21-12+. The first-order valence-corrected chi connectivity index (χ1v) is 7.50. The number of oxime groups is 1. The molecule has 0 aromatic heterocycles. The molecule has 2 aromatic carbocycles. The second-order valence-corrected chi connectivity index (χ2v) is 5.07. The Hall–Kier alpha value is -2.89. The summed E-state index contributed by atoms with van der Waals surface area (Å²) in [5.74, 6) is 0.156. The minimum Gasteiger partial charge on any atom is -0.492 e. The highest BCUT2D eigenvalue weighted by molar-refractivity contribution is 5.79. The summed E-state index contributed by atoms with van der Waals surface area (Å²) >= 11 is 0. The number of carbonyl (C=O) groups excluding carboxylic acids is 1. The lowest BCUT2D eigenvalue weighted by Gasteiger charge is -2.07. The molecule has 0 fully saturated rings. The number of halogens is 1. The molecular formula is C18H19FN2O3. The largest absolute Gasteiger partial charge is 0.492 e. The quantitative estimate of drug-likeness (QED) is 0.460. The summed E-state index contributed by atoms with van der Waals surface area (Å²) in [6.07, 6.45) is 1.41. The Bertz CT molecular complexity index is 687. The number of hydrogen-bond donors (Lipinski definition) is 1. The molecular weight excluding hydrogens is 311 g/mol. The Morgan fingerprint density at radius 2 is 2.04 bits per heavy atom. The van der Waals surface area contributed by atoms with Gasteiger partial charge in [-0.25, -0.2) is 4.39 Å². The van der Waals surface area contributed by atoms with Crippen molar-refractivity contribution in [2.24, 2.45) is 5.16 Å². The van der Waals surface area contributed by atoms with Crippen LogP contribution in [-0.2, 0) is 9.63 Å². The van der Waals surface area contributed by atoms with Gasteiger partial charge in [-0.2, -0.15) is 0 Å². The van der Waals surface area contributed by atoms with Crippen molar-refractivity contribution in [2.45, 2.75) is 6.92 Å². The van der Waals surface area contributed by atoms with E-state index in [1.807, 2.05) is 31.2 Å². The van der Waals surface area contributed by atoms with E-state index in [1.165, 1.54) is 18.3 Å². The molecule has 0 heterocycles. The number of nitrogens with one attached hydrogen (secondary N) is 1. The van der Waals surface area contributed by atoms with Crippen molar-refractivity contribution in [3.8, 4) is 5.75 Å². The summed E-state index contributed by atoms with van der Waals surface area (Å²) < 4.78 is 18.2. The van der Waals surface area contributed by atoms with Crippen LogP contribution in [0.5, 0.6) is 5.75 Å². The summed E-state index contributed by atoms with van der Waals surface area (Å²) in [7, 11) is 0. The first-order chi connectivity index (χ1) is 11.6. The highest BCUT2D eigenvalue weighted by Gasteiger charge is 2.01. The first kappa shape index (κ1) is 17.5. The molecule has 2 rings (SSSR count). The highest BCUT2D eigenvalue weighted by Crippen LogP contribution is 2.11. The van der Waals surface area contributed by atoms with E-state index >= 15 is 0 Å². The number of nitrogens with zero attached hydrogens (tertiary/aromatic N) is 1. The lowest BCUT2D eigenvalue weighted by Crippen LogP contribution is -2.30.